The normalized spacial score (nSPS) is 7.60. The summed E-state index contributed by atoms with van der Waals surface area (Å²) in [6.45, 7) is 0. The standard InChI is InChI=1S/2C4H4O5.2Na/c2*5-2(4(8)9)1-3(6)7;;/h2*1H2,(H,6,7)(H,8,9);;/q;;2*+1/p-2. The Kier molecular flexibility index (Phi) is 20.1. The minimum absolute atomic E-state index is 0. The zero-order valence-corrected chi connectivity index (χ0v) is 14.6. The molecule has 2 N–H and O–H groups in total. The molecule has 20 heavy (non-hydrogen) atoms. The van der Waals surface area contributed by atoms with Gasteiger partial charge in [-0.05, 0) is 0 Å². The van der Waals surface area contributed by atoms with Crippen molar-refractivity contribution in [2.45, 2.75) is 12.8 Å². The summed E-state index contributed by atoms with van der Waals surface area (Å²) in [4.78, 5) is 58.1. The Morgan fingerprint density at radius 1 is 0.650 bits per heavy atom. The molecule has 100 valence electrons. The monoisotopic (exact) mass is 308 g/mol. The first-order valence-electron chi connectivity index (χ1n) is 3.99. The summed E-state index contributed by atoms with van der Waals surface area (Å²) in [5.74, 6) is -9.59. The van der Waals surface area contributed by atoms with Gasteiger partial charge in [0.2, 0.25) is 11.6 Å². The van der Waals surface area contributed by atoms with Crippen LogP contribution in [0.15, 0.2) is 0 Å². The number of aliphatic carboxylic acids is 4. The zero-order valence-electron chi connectivity index (χ0n) is 10.6. The first kappa shape index (κ1) is 27.5. The van der Waals surface area contributed by atoms with Crippen LogP contribution in [0, 0.1) is 0 Å². The van der Waals surface area contributed by atoms with Crippen LogP contribution in [0.2, 0.25) is 0 Å². The van der Waals surface area contributed by atoms with Crippen LogP contribution in [-0.2, 0) is 28.8 Å². The summed E-state index contributed by atoms with van der Waals surface area (Å²) in [5.41, 5.74) is 0. The average Bonchev–Trinajstić information content (AvgIpc) is 2.16. The second-order valence-electron chi connectivity index (χ2n) is 2.55. The molecule has 0 aliphatic heterocycles. The molecule has 0 bridgehead atoms. The minimum atomic E-state index is -1.75. The Morgan fingerprint density at radius 2 is 0.850 bits per heavy atom. The second kappa shape index (κ2) is 14.6. The van der Waals surface area contributed by atoms with Gasteiger partial charge in [-0.3, -0.25) is 9.59 Å². The maximum absolute atomic E-state index is 9.93. The number of ketones is 2. The topological polar surface area (TPSA) is 189 Å². The number of rotatable bonds is 6. The van der Waals surface area contributed by atoms with E-state index in [1.165, 1.54) is 0 Å². The van der Waals surface area contributed by atoms with E-state index in [1.807, 2.05) is 0 Å². The number of Topliss-reactive ketones (excluding diaryl/α,β-unsaturated/α-hetero) is 2. The maximum atomic E-state index is 9.93. The first-order chi connectivity index (χ1) is 8.07. The summed E-state index contributed by atoms with van der Waals surface area (Å²) in [7, 11) is 0. The zero-order chi connectivity index (χ0) is 14.9. The number of carbonyl (C=O) groups is 6. The molecule has 0 aromatic rings. The Hall–Kier alpha value is -0.780. The Labute approximate surface area is 155 Å². The molecule has 12 heteroatoms. The third-order valence-electron chi connectivity index (χ3n) is 1.09. The van der Waals surface area contributed by atoms with E-state index in [1.54, 1.807) is 0 Å². The van der Waals surface area contributed by atoms with E-state index in [2.05, 4.69) is 0 Å². The molecule has 0 spiro atoms. The number of carbonyl (C=O) groups excluding carboxylic acids is 4. The van der Waals surface area contributed by atoms with Crippen molar-refractivity contribution in [1.82, 2.24) is 0 Å². The summed E-state index contributed by atoms with van der Waals surface area (Å²) < 4.78 is 0. The third-order valence-corrected chi connectivity index (χ3v) is 1.09. The molecule has 0 aliphatic rings. The van der Waals surface area contributed by atoms with Crippen molar-refractivity contribution in [3.63, 3.8) is 0 Å². The van der Waals surface area contributed by atoms with E-state index in [0.717, 1.165) is 0 Å². The van der Waals surface area contributed by atoms with Gasteiger partial charge in [-0.15, -0.1) is 0 Å². The van der Waals surface area contributed by atoms with Crippen molar-refractivity contribution in [3.8, 4) is 0 Å². The molecule has 10 nitrogen and oxygen atoms in total. The van der Waals surface area contributed by atoms with Crippen LogP contribution in [0.5, 0.6) is 0 Å². The summed E-state index contributed by atoms with van der Waals surface area (Å²) in [5, 5.41) is 34.6. The second-order valence-corrected chi connectivity index (χ2v) is 2.55. The van der Waals surface area contributed by atoms with Crippen LogP contribution in [0.3, 0.4) is 0 Å². The van der Waals surface area contributed by atoms with Crippen molar-refractivity contribution in [2.75, 3.05) is 0 Å². The van der Waals surface area contributed by atoms with Crippen LogP contribution in [-0.4, -0.2) is 45.7 Å². The first-order valence-corrected chi connectivity index (χ1v) is 3.99. The van der Waals surface area contributed by atoms with Gasteiger partial charge in [-0.1, -0.05) is 0 Å². The Bertz CT molecular complexity index is 364. The molecular weight excluding hydrogens is 302 g/mol. The summed E-state index contributed by atoms with van der Waals surface area (Å²) in [6.07, 6.45) is -2.12. The predicted molar refractivity (Wildman–Crippen MR) is 44.5 cm³/mol. The fourth-order valence-corrected chi connectivity index (χ4v) is 0.413. The molecule has 0 fully saturated rings. The van der Waals surface area contributed by atoms with Gasteiger partial charge < -0.3 is 30.0 Å². The summed E-state index contributed by atoms with van der Waals surface area (Å²) in [6, 6.07) is 0. The van der Waals surface area contributed by atoms with Crippen molar-refractivity contribution >= 4 is 35.4 Å². The number of hydrogen-bond acceptors (Lipinski definition) is 8. The molecule has 0 heterocycles. The van der Waals surface area contributed by atoms with Crippen molar-refractivity contribution in [1.29, 1.82) is 0 Å². The smallest absolute Gasteiger partial charge is 0.550 e. The quantitative estimate of drug-likeness (QED) is 0.270. The Morgan fingerprint density at radius 3 is 0.900 bits per heavy atom. The fraction of sp³-hybridized carbons (Fsp3) is 0.250. The SMILES string of the molecule is O=C([O-])CC(=O)C(=O)O.O=C([O-])CC(=O)C(=O)O.[Na+].[Na+]. The summed E-state index contributed by atoms with van der Waals surface area (Å²) >= 11 is 0. The molecule has 0 amide bonds. The Balaban J connectivity index is -0.000000116. The molecule has 0 rings (SSSR count). The molecule has 0 aromatic carbocycles. The van der Waals surface area contributed by atoms with E-state index < -0.39 is 48.3 Å². The van der Waals surface area contributed by atoms with Crippen molar-refractivity contribution < 1.29 is 108 Å². The molecule has 0 aliphatic carbocycles. The van der Waals surface area contributed by atoms with E-state index >= 15 is 0 Å². The van der Waals surface area contributed by atoms with Crippen molar-refractivity contribution in [2.24, 2.45) is 0 Å². The van der Waals surface area contributed by atoms with Gasteiger partial charge in [0.05, 0.1) is 12.8 Å². The third kappa shape index (κ3) is 19.6. The molecule has 0 radical (unpaired) electrons. The fourth-order valence-electron chi connectivity index (χ4n) is 0.413. The van der Waals surface area contributed by atoms with Crippen LogP contribution < -0.4 is 69.3 Å². The van der Waals surface area contributed by atoms with Gasteiger partial charge in [0.25, 0.3) is 0 Å². The van der Waals surface area contributed by atoms with Crippen LogP contribution in [0.1, 0.15) is 12.8 Å². The molecular formula is C8H6Na2O10. The molecule has 0 saturated carbocycles. The maximum Gasteiger partial charge on any atom is 1.00 e. The number of carboxylic acids is 4. The molecule has 0 atom stereocenters. The van der Waals surface area contributed by atoms with Gasteiger partial charge in [-0.25, -0.2) is 9.59 Å². The van der Waals surface area contributed by atoms with E-state index in [-0.39, 0.29) is 59.1 Å². The predicted octanol–water partition coefficient (Wildman–Crippen LogP) is -10.4. The minimum Gasteiger partial charge on any atom is -0.550 e. The average molecular weight is 308 g/mol. The van der Waals surface area contributed by atoms with Crippen molar-refractivity contribution in [3.05, 3.63) is 0 Å². The van der Waals surface area contributed by atoms with E-state index in [9.17, 15) is 39.0 Å². The largest absolute Gasteiger partial charge is 1.00 e. The molecule has 0 unspecified atom stereocenters. The van der Waals surface area contributed by atoms with Crippen LogP contribution in [0.4, 0.5) is 0 Å². The van der Waals surface area contributed by atoms with Crippen LogP contribution in [0.25, 0.3) is 0 Å². The number of carboxylic acid groups (broad SMARTS) is 4. The van der Waals surface area contributed by atoms with Gasteiger partial charge >= 0.3 is 71.1 Å². The van der Waals surface area contributed by atoms with Gasteiger partial charge in [0.1, 0.15) is 0 Å². The van der Waals surface area contributed by atoms with Gasteiger partial charge in [0, 0.05) is 11.9 Å². The molecule has 0 saturated heterocycles. The molecule has 0 aromatic heterocycles. The van der Waals surface area contributed by atoms with Gasteiger partial charge in [0.15, 0.2) is 0 Å². The van der Waals surface area contributed by atoms with Gasteiger partial charge in [-0.2, -0.15) is 0 Å². The van der Waals surface area contributed by atoms with E-state index in [4.69, 9.17) is 10.2 Å². The van der Waals surface area contributed by atoms with E-state index in [0.29, 0.717) is 0 Å². The van der Waals surface area contributed by atoms with Crippen LogP contribution >= 0.6 is 0 Å². The number of hydrogen-bond donors (Lipinski definition) is 2.